The van der Waals surface area contributed by atoms with Gasteiger partial charge < -0.3 is 10.5 Å². The van der Waals surface area contributed by atoms with E-state index in [9.17, 15) is 0 Å². The largest absolute Gasteiger partial charge is 0.489 e. The van der Waals surface area contributed by atoms with Crippen LogP contribution in [0.1, 0.15) is 11.1 Å². The molecule has 2 aromatic carbocycles. The fourth-order valence-electron chi connectivity index (χ4n) is 1.46. The summed E-state index contributed by atoms with van der Waals surface area (Å²) < 4.78 is 5.62. The van der Waals surface area contributed by atoms with Crippen LogP contribution in [0.5, 0.6) is 5.75 Å². The molecule has 0 radical (unpaired) electrons. The quantitative estimate of drug-likeness (QED) is 0.868. The third kappa shape index (κ3) is 3.45. The summed E-state index contributed by atoms with van der Waals surface area (Å²) in [6.07, 6.45) is 0. The molecule has 0 saturated carbocycles. The summed E-state index contributed by atoms with van der Waals surface area (Å²) in [5, 5.41) is 0.697. The molecular formula is C14H12ClNOS. The van der Waals surface area contributed by atoms with E-state index in [-0.39, 0.29) is 0 Å². The molecule has 2 rings (SSSR count). The maximum atomic E-state index is 5.80. The fourth-order valence-corrected chi connectivity index (χ4v) is 1.72. The van der Waals surface area contributed by atoms with Gasteiger partial charge in [-0.15, -0.1) is 0 Å². The first-order valence-corrected chi connectivity index (χ1v) is 6.21. The monoisotopic (exact) mass is 277 g/mol. The van der Waals surface area contributed by atoms with Crippen LogP contribution in [0.25, 0.3) is 0 Å². The Morgan fingerprint density at radius 1 is 1.06 bits per heavy atom. The Balaban J connectivity index is 1.97. The van der Waals surface area contributed by atoms with Gasteiger partial charge in [-0.25, -0.2) is 0 Å². The Kier molecular flexibility index (Phi) is 4.18. The minimum absolute atomic E-state index is 0.403. The molecule has 4 heteroatoms. The Morgan fingerprint density at radius 2 is 1.67 bits per heavy atom. The van der Waals surface area contributed by atoms with Gasteiger partial charge in [0.15, 0.2) is 0 Å². The van der Waals surface area contributed by atoms with Gasteiger partial charge in [0.2, 0.25) is 0 Å². The number of nitrogens with two attached hydrogens (primary N) is 1. The van der Waals surface area contributed by atoms with Gasteiger partial charge in [0.05, 0.1) is 0 Å². The van der Waals surface area contributed by atoms with Gasteiger partial charge >= 0.3 is 0 Å². The summed E-state index contributed by atoms with van der Waals surface area (Å²) in [6.45, 7) is 0.499. The van der Waals surface area contributed by atoms with E-state index in [1.54, 1.807) is 12.1 Å². The average molecular weight is 278 g/mol. The Labute approximate surface area is 116 Å². The molecular weight excluding hydrogens is 266 g/mol. The minimum Gasteiger partial charge on any atom is -0.489 e. The molecule has 0 aliphatic heterocycles. The highest BCUT2D eigenvalue weighted by Crippen LogP contribution is 2.17. The normalized spacial score (nSPS) is 10.1. The summed E-state index contributed by atoms with van der Waals surface area (Å²) >= 11 is 10.7. The first-order valence-electron chi connectivity index (χ1n) is 5.42. The third-order valence-corrected chi connectivity index (χ3v) is 2.95. The molecule has 0 aliphatic carbocycles. The zero-order valence-electron chi connectivity index (χ0n) is 9.60. The van der Waals surface area contributed by atoms with Gasteiger partial charge in [-0.3, -0.25) is 0 Å². The van der Waals surface area contributed by atoms with Gasteiger partial charge in [-0.05, 0) is 29.8 Å². The molecule has 0 unspecified atom stereocenters. The minimum atomic E-state index is 0.403. The Morgan fingerprint density at radius 3 is 2.22 bits per heavy atom. The van der Waals surface area contributed by atoms with Crippen LogP contribution in [-0.2, 0) is 6.61 Å². The highest BCUT2D eigenvalue weighted by Gasteiger charge is 1.98. The van der Waals surface area contributed by atoms with Gasteiger partial charge in [0.1, 0.15) is 17.3 Å². The van der Waals surface area contributed by atoms with E-state index in [4.69, 9.17) is 34.3 Å². The number of ether oxygens (including phenoxy) is 1. The van der Waals surface area contributed by atoms with Gasteiger partial charge in [-0.1, -0.05) is 48.1 Å². The maximum absolute atomic E-state index is 5.80. The van der Waals surface area contributed by atoms with Crippen LogP contribution in [-0.4, -0.2) is 4.99 Å². The second-order valence-corrected chi connectivity index (χ2v) is 4.68. The van der Waals surface area contributed by atoms with Gasteiger partial charge in [0, 0.05) is 10.6 Å². The van der Waals surface area contributed by atoms with E-state index < -0.39 is 0 Å². The third-order valence-electron chi connectivity index (χ3n) is 2.46. The number of thiocarbonyl (C=S) groups is 1. The molecule has 0 aliphatic rings. The lowest BCUT2D eigenvalue weighted by atomic mass is 10.1. The summed E-state index contributed by atoms with van der Waals surface area (Å²) in [4.78, 5) is 0.403. The first kappa shape index (κ1) is 12.9. The SMILES string of the molecule is NC(=S)c1ccc(COc2ccc(Cl)cc2)cc1. The molecule has 2 aromatic rings. The van der Waals surface area contributed by atoms with Crippen molar-refractivity contribution in [1.29, 1.82) is 0 Å². The van der Waals surface area contributed by atoms with Crippen LogP contribution in [0.3, 0.4) is 0 Å². The van der Waals surface area contributed by atoms with Crippen LogP contribution in [0.4, 0.5) is 0 Å². The van der Waals surface area contributed by atoms with Crippen molar-refractivity contribution in [2.75, 3.05) is 0 Å². The second-order valence-electron chi connectivity index (χ2n) is 3.80. The standard InChI is InChI=1S/C14H12ClNOS/c15-12-5-7-13(8-6-12)17-9-10-1-3-11(4-2-10)14(16)18/h1-8H,9H2,(H2,16,18). The fraction of sp³-hybridized carbons (Fsp3) is 0.0714. The molecule has 0 heterocycles. The maximum Gasteiger partial charge on any atom is 0.119 e. The van der Waals surface area contributed by atoms with Crippen LogP contribution >= 0.6 is 23.8 Å². The zero-order chi connectivity index (χ0) is 13.0. The van der Waals surface area contributed by atoms with E-state index in [1.807, 2.05) is 36.4 Å². The average Bonchev–Trinajstić information content (AvgIpc) is 2.38. The van der Waals surface area contributed by atoms with Crippen LogP contribution in [0.15, 0.2) is 48.5 Å². The molecule has 0 bridgehead atoms. The molecule has 0 amide bonds. The van der Waals surface area contributed by atoms with Gasteiger partial charge in [0.25, 0.3) is 0 Å². The van der Waals surface area contributed by atoms with Crippen LogP contribution < -0.4 is 10.5 Å². The van der Waals surface area contributed by atoms with Crippen molar-refractivity contribution in [1.82, 2.24) is 0 Å². The molecule has 2 N–H and O–H groups in total. The predicted molar refractivity (Wildman–Crippen MR) is 78.1 cm³/mol. The van der Waals surface area contributed by atoms with Crippen molar-refractivity contribution in [3.63, 3.8) is 0 Å². The molecule has 0 aromatic heterocycles. The van der Waals surface area contributed by atoms with Crippen molar-refractivity contribution in [3.8, 4) is 5.75 Å². The highest BCUT2D eigenvalue weighted by atomic mass is 35.5. The number of hydrogen-bond donors (Lipinski definition) is 1. The number of rotatable bonds is 4. The molecule has 0 fully saturated rings. The van der Waals surface area contributed by atoms with Crippen molar-refractivity contribution >= 4 is 28.8 Å². The lowest BCUT2D eigenvalue weighted by Gasteiger charge is -2.07. The van der Waals surface area contributed by atoms with E-state index >= 15 is 0 Å². The second kappa shape index (κ2) is 5.85. The van der Waals surface area contributed by atoms with Crippen molar-refractivity contribution in [3.05, 3.63) is 64.7 Å². The number of hydrogen-bond acceptors (Lipinski definition) is 2. The molecule has 92 valence electrons. The summed E-state index contributed by atoms with van der Waals surface area (Å²) in [6, 6.07) is 15.0. The Hall–Kier alpha value is -1.58. The van der Waals surface area contributed by atoms with E-state index in [0.29, 0.717) is 16.6 Å². The van der Waals surface area contributed by atoms with E-state index in [0.717, 1.165) is 16.9 Å². The molecule has 0 spiro atoms. The lowest BCUT2D eigenvalue weighted by molar-refractivity contribution is 0.306. The van der Waals surface area contributed by atoms with Crippen molar-refractivity contribution in [2.24, 2.45) is 5.73 Å². The summed E-state index contributed by atoms with van der Waals surface area (Å²) in [5.74, 6) is 0.790. The number of benzene rings is 2. The molecule has 18 heavy (non-hydrogen) atoms. The molecule has 0 saturated heterocycles. The first-order chi connectivity index (χ1) is 8.65. The number of halogens is 1. The zero-order valence-corrected chi connectivity index (χ0v) is 11.2. The van der Waals surface area contributed by atoms with Crippen LogP contribution in [0.2, 0.25) is 5.02 Å². The van der Waals surface area contributed by atoms with Gasteiger partial charge in [-0.2, -0.15) is 0 Å². The van der Waals surface area contributed by atoms with Crippen LogP contribution in [0, 0.1) is 0 Å². The smallest absolute Gasteiger partial charge is 0.119 e. The van der Waals surface area contributed by atoms with Crippen molar-refractivity contribution < 1.29 is 4.74 Å². The molecule has 0 atom stereocenters. The summed E-state index contributed by atoms with van der Waals surface area (Å²) in [7, 11) is 0. The van der Waals surface area contributed by atoms with E-state index in [2.05, 4.69) is 0 Å². The van der Waals surface area contributed by atoms with E-state index in [1.165, 1.54) is 0 Å². The predicted octanol–water partition coefficient (Wildman–Crippen LogP) is 3.55. The molecule has 2 nitrogen and oxygen atoms in total. The lowest BCUT2D eigenvalue weighted by Crippen LogP contribution is -2.09. The van der Waals surface area contributed by atoms with Crippen molar-refractivity contribution in [2.45, 2.75) is 6.61 Å². The topological polar surface area (TPSA) is 35.2 Å². The highest BCUT2D eigenvalue weighted by molar-refractivity contribution is 7.80. The Bertz CT molecular complexity index is 537. The summed E-state index contributed by atoms with van der Waals surface area (Å²) in [5.41, 5.74) is 7.45.